The van der Waals surface area contributed by atoms with Gasteiger partial charge in [0.2, 0.25) is 0 Å². The minimum atomic E-state index is -0.335. The van der Waals surface area contributed by atoms with Gasteiger partial charge in [0.25, 0.3) is 0 Å². The van der Waals surface area contributed by atoms with E-state index >= 15 is 0 Å². The zero-order chi connectivity index (χ0) is 20.5. The maximum atomic E-state index is 12.3. The number of nitrogens with zero attached hydrogens (tertiary/aromatic N) is 2. The van der Waals surface area contributed by atoms with Crippen LogP contribution in [-0.4, -0.2) is 16.0 Å². The number of nitrogen functional groups attached to an aromatic ring is 1. The maximum Gasteiger partial charge on any atom is 0.323 e. The fourth-order valence-corrected chi connectivity index (χ4v) is 4.47. The third-order valence-corrected chi connectivity index (χ3v) is 5.91. The molecule has 8 heteroatoms. The number of hydrogen-bond donors (Lipinski definition) is 3. The van der Waals surface area contributed by atoms with E-state index in [0.717, 1.165) is 37.5 Å². The molecule has 0 unspecified atom stereocenters. The molecule has 4 aromatic rings. The van der Waals surface area contributed by atoms with E-state index in [1.54, 1.807) is 17.4 Å². The summed E-state index contributed by atoms with van der Waals surface area (Å²) in [7, 11) is 0. The zero-order valence-electron chi connectivity index (χ0n) is 15.8. The van der Waals surface area contributed by atoms with Gasteiger partial charge < -0.3 is 16.4 Å². The Morgan fingerprint density at radius 2 is 1.90 bits per heavy atom. The monoisotopic (exact) mass is 423 g/mol. The lowest BCUT2D eigenvalue weighted by molar-refractivity contribution is 0.262. The highest BCUT2D eigenvalue weighted by Gasteiger charge is 2.18. The molecule has 2 heterocycles. The number of anilines is 3. The van der Waals surface area contributed by atoms with Crippen LogP contribution in [0.4, 0.5) is 22.0 Å². The number of rotatable bonds is 3. The summed E-state index contributed by atoms with van der Waals surface area (Å²) in [4.78, 5) is 22.6. The Hall–Kier alpha value is -3.16. The van der Waals surface area contributed by atoms with Crippen molar-refractivity contribution in [1.82, 2.24) is 9.97 Å². The number of benzene rings is 2. The topological polar surface area (TPSA) is 92.9 Å². The summed E-state index contributed by atoms with van der Waals surface area (Å²) >= 11 is 8.11. The molecule has 0 fully saturated rings. The van der Waals surface area contributed by atoms with Crippen molar-refractivity contribution in [2.75, 3.05) is 16.4 Å². The van der Waals surface area contributed by atoms with Gasteiger partial charge in [0, 0.05) is 27.4 Å². The normalized spacial score (nSPS) is 10.9. The summed E-state index contributed by atoms with van der Waals surface area (Å²) in [6, 6.07) is 12.6. The molecule has 2 amide bonds. The molecule has 0 radical (unpaired) electrons. The van der Waals surface area contributed by atoms with E-state index in [-0.39, 0.29) is 6.03 Å². The van der Waals surface area contributed by atoms with E-state index in [1.165, 1.54) is 6.33 Å². The number of nitrogens with two attached hydrogens (primary N) is 1. The van der Waals surface area contributed by atoms with Gasteiger partial charge in [0.1, 0.15) is 17.0 Å². The summed E-state index contributed by atoms with van der Waals surface area (Å²) in [5.41, 5.74) is 10.2. The minimum absolute atomic E-state index is 0.335. The Labute approximate surface area is 176 Å². The third-order valence-electron chi connectivity index (χ3n) is 4.58. The molecule has 0 atom stereocenters. The molecule has 0 aliphatic carbocycles. The summed E-state index contributed by atoms with van der Waals surface area (Å²) in [5, 5.41) is 6.95. The first-order valence-electron chi connectivity index (χ1n) is 8.87. The van der Waals surface area contributed by atoms with E-state index in [0.29, 0.717) is 16.5 Å². The molecule has 4 rings (SSSR count). The van der Waals surface area contributed by atoms with Crippen molar-refractivity contribution in [2.45, 2.75) is 13.8 Å². The Balaban J connectivity index is 1.62. The van der Waals surface area contributed by atoms with Crippen molar-refractivity contribution in [2.24, 2.45) is 0 Å². The number of nitrogens with one attached hydrogen (secondary N) is 2. The number of urea groups is 1. The Bertz CT molecular complexity index is 1240. The first-order chi connectivity index (χ1) is 13.9. The summed E-state index contributed by atoms with van der Waals surface area (Å²) < 4.78 is 0. The second kappa shape index (κ2) is 7.69. The van der Waals surface area contributed by atoms with Crippen LogP contribution in [0.15, 0.2) is 48.8 Å². The van der Waals surface area contributed by atoms with Crippen LogP contribution < -0.4 is 16.4 Å². The quantitative estimate of drug-likeness (QED) is 0.385. The number of aromatic nitrogens is 2. The van der Waals surface area contributed by atoms with Gasteiger partial charge in [-0.2, -0.15) is 0 Å². The average molecular weight is 424 g/mol. The van der Waals surface area contributed by atoms with Gasteiger partial charge in [0.05, 0.1) is 10.4 Å². The van der Waals surface area contributed by atoms with Crippen LogP contribution in [0, 0.1) is 13.8 Å². The van der Waals surface area contributed by atoms with Crippen LogP contribution in [0.2, 0.25) is 5.02 Å². The van der Waals surface area contributed by atoms with E-state index in [4.69, 9.17) is 17.3 Å². The third kappa shape index (κ3) is 3.74. The first kappa shape index (κ1) is 19.2. The van der Waals surface area contributed by atoms with Gasteiger partial charge in [-0.15, -0.1) is 11.3 Å². The van der Waals surface area contributed by atoms with Gasteiger partial charge >= 0.3 is 6.03 Å². The molecular weight excluding hydrogens is 406 g/mol. The van der Waals surface area contributed by atoms with Crippen molar-refractivity contribution in [3.63, 3.8) is 0 Å². The predicted octanol–water partition coefficient (Wildman–Crippen LogP) is 5.85. The van der Waals surface area contributed by atoms with Gasteiger partial charge in [0.15, 0.2) is 0 Å². The number of para-hydroxylation sites is 1. The van der Waals surface area contributed by atoms with E-state index in [2.05, 4.69) is 20.6 Å². The number of thiophene rings is 1. The Kier molecular flexibility index (Phi) is 5.08. The van der Waals surface area contributed by atoms with Gasteiger partial charge in [-0.1, -0.05) is 35.9 Å². The molecule has 0 saturated heterocycles. The van der Waals surface area contributed by atoms with E-state index in [1.807, 2.05) is 50.2 Å². The number of carbonyl (C=O) groups excluding carboxylic acids is 1. The molecule has 6 nitrogen and oxygen atoms in total. The second-order valence-corrected chi connectivity index (χ2v) is 8.17. The lowest BCUT2D eigenvalue weighted by atomic mass is 10.0. The summed E-state index contributed by atoms with van der Waals surface area (Å²) in [5.74, 6) is 0.422. The number of aryl methyl sites for hydroxylation is 2. The summed E-state index contributed by atoms with van der Waals surface area (Å²) in [6.45, 7) is 3.93. The predicted molar refractivity (Wildman–Crippen MR) is 121 cm³/mol. The largest absolute Gasteiger partial charge is 0.383 e. The number of hydrogen-bond acceptors (Lipinski definition) is 5. The second-order valence-electron chi connectivity index (χ2n) is 6.56. The molecular formula is C21H18ClN5OS. The van der Waals surface area contributed by atoms with Crippen molar-refractivity contribution in [3.8, 4) is 11.1 Å². The van der Waals surface area contributed by atoms with Crippen molar-refractivity contribution < 1.29 is 4.79 Å². The molecule has 146 valence electrons. The molecule has 2 aromatic heterocycles. The fraction of sp³-hybridized carbons (Fsp3) is 0.0952. The van der Waals surface area contributed by atoms with Gasteiger partial charge in [-0.25, -0.2) is 14.8 Å². The van der Waals surface area contributed by atoms with Gasteiger partial charge in [-0.3, -0.25) is 0 Å². The summed E-state index contributed by atoms with van der Waals surface area (Å²) in [6.07, 6.45) is 1.46. The molecule has 0 bridgehead atoms. The van der Waals surface area contributed by atoms with Crippen molar-refractivity contribution >= 4 is 56.4 Å². The standard InChI is InChI=1S/C21H18ClN5OS/c1-11-5-3-4-6-16(11)27-21(28)26-13-7-8-14(15(22)9-13)17-12(2)29-20-18(17)19(23)24-10-25-20/h3-10H,1-2H3,(H2,23,24,25)(H2,26,27,28). The van der Waals surface area contributed by atoms with Crippen LogP contribution in [-0.2, 0) is 0 Å². The van der Waals surface area contributed by atoms with Gasteiger partial charge in [-0.05, 0) is 37.6 Å². The number of carbonyl (C=O) groups is 1. The van der Waals surface area contributed by atoms with Crippen LogP contribution >= 0.6 is 22.9 Å². The molecule has 2 aromatic carbocycles. The SMILES string of the molecule is Cc1ccccc1NC(=O)Nc1ccc(-c2c(C)sc3ncnc(N)c23)c(Cl)c1. The highest BCUT2D eigenvalue weighted by atomic mass is 35.5. The molecule has 4 N–H and O–H groups in total. The number of halogens is 1. The smallest absolute Gasteiger partial charge is 0.323 e. The average Bonchev–Trinajstić information content (AvgIpc) is 3.01. The van der Waals surface area contributed by atoms with Crippen LogP contribution in [0.25, 0.3) is 21.3 Å². The van der Waals surface area contributed by atoms with Crippen LogP contribution in [0.5, 0.6) is 0 Å². The Morgan fingerprint density at radius 3 is 2.66 bits per heavy atom. The first-order valence-corrected chi connectivity index (χ1v) is 10.1. The molecule has 0 aliphatic heterocycles. The van der Waals surface area contributed by atoms with Crippen LogP contribution in [0.3, 0.4) is 0 Å². The highest BCUT2D eigenvalue weighted by Crippen LogP contribution is 2.42. The lowest BCUT2D eigenvalue weighted by Crippen LogP contribution is -2.19. The Morgan fingerprint density at radius 1 is 1.10 bits per heavy atom. The molecule has 29 heavy (non-hydrogen) atoms. The fourth-order valence-electron chi connectivity index (χ4n) is 3.18. The lowest BCUT2D eigenvalue weighted by Gasteiger charge is -2.12. The number of amides is 2. The van der Waals surface area contributed by atoms with E-state index < -0.39 is 0 Å². The number of fused-ring (bicyclic) bond motifs is 1. The molecule has 0 spiro atoms. The van der Waals surface area contributed by atoms with Crippen molar-refractivity contribution in [1.29, 1.82) is 0 Å². The highest BCUT2D eigenvalue weighted by molar-refractivity contribution is 7.19. The minimum Gasteiger partial charge on any atom is -0.383 e. The van der Waals surface area contributed by atoms with E-state index in [9.17, 15) is 4.79 Å². The molecule has 0 aliphatic rings. The van der Waals surface area contributed by atoms with Crippen LogP contribution in [0.1, 0.15) is 10.4 Å². The van der Waals surface area contributed by atoms with Crippen molar-refractivity contribution in [3.05, 3.63) is 64.3 Å². The maximum absolute atomic E-state index is 12.3. The zero-order valence-corrected chi connectivity index (χ0v) is 17.4. The molecule has 0 saturated carbocycles.